The number of hydrogen-bond donors (Lipinski definition) is 2. The normalized spacial score (nSPS) is 11.5. The molecule has 1 aromatic carbocycles. The maximum Gasteiger partial charge on any atom is 0.330 e. The van der Waals surface area contributed by atoms with E-state index < -0.39 is 17.2 Å². The fraction of sp³-hybridized carbons (Fsp3) is 0.346. The third-order valence-corrected chi connectivity index (χ3v) is 5.88. The van der Waals surface area contributed by atoms with Gasteiger partial charge in [0.2, 0.25) is 0 Å². The van der Waals surface area contributed by atoms with E-state index in [-0.39, 0.29) is 28.4 Å². The summed E-state index contributed by atoms with van der Waals surface area (Å²) in [5, 5.41) is 7.64. The Kier molecular flexibility index (Phi) is 6.43. The first-order valence-corrected chi connectivity index (χ1v) is 11.7. The molecule has 3 aromatic heterocycles. The van der Waals surface area contributed by atoms with Gasteiger partial charge in [-0.1, -0.05) is 45.9 Å². The first-order chi connectivity index (χ1) is 16.6. The van der Waals surface area contributed by atoms with Gasteiger partial charge in [-0.05, 0) is 43.9 Å². The number of carbonyl (C=O) groups is 1. The Morgan fingerprint density at radius 2 is 1.77 bits per heavy atom. The Morgan fingerprint density at radius 1 is 1.09 bits per heavy atom. The summed E-state index contributed by atoms with van der Waals surface area (Å²) in [6.45, 7) is 11.9. The molecular formula is C26H30N6O3. The second kappa shape index (κ2) is 9.32. The lowest BCUT2D eigenvalue weighted by molar-refractivity contribution is 0.102. The maximum atomic E-state index is 13.6. The first kappa shape index (κ1) is 24.1. The molecule has 1 amide bonds. The molecule has 0 aliphatic rings. The summed E-state index contributed by atoms with van der Waals surface area (Å²) in [4.78, 5) is 46.1. The van der Waals surface area contributed by atoms with Crippen LogP contribution in [0, 0.1) is 19.8 Å². The van der Waals surface area contributed by atoms with Crippen molar-refractivity contribution in [3.8, 4) is 5.69 Å². The smallest absolute Gasteiger partial charge is 0.319 e. The van der Waals surface area contributed by atoms with E-state index in [1.165, 1.54) is 4.57 Å². The van der Waals surface area contributed by atoms with Crippen molar-refractivity contribution in [3.05, 3.63) is 79.9 Å². The Balaban J connectivity index is 1.88. The molecule has 0 aliphatic carbocycles. The van der Waals surface area contributed by atoms with Crippen LogP contribution in [0.2, 0.25) is 0 Å². The summed E-state index contributed by atoms with van der Waals surface area (Å²) < 4.78 is 3.20. The van der Waals surface area contributed by atoms with Crippen molar-refractivity contribution in [2.45, 2.75) is 54.0 Å². The van der Waals surface area contributed by atoms with Crippen LogP contribution in [-0.2, 0) is 6.54 Å². The van der Waals surface area contributed by atoms with Crippen LogP contribution < -0.4 is 16.6 Å². The number of amides is 1. The van der Waals surface area contributed by atoms with Crippen LogP contribution in [0.25, 0.3) is 16.7 Å². The number of anilines is 1. The highest BCUT2D eigenvalue weighted by Gasteiger charge is 2.23. The van der Waals surface area contributed by atoms with Gasteiger partial charge >= 0.3 is 5.69 Å². The molecule has 4 rings (SSSR count). The SMILES string of the molecule is Cc1nn(-c2ccccc2)c(C)c1NC(=O)c1cc(C(C)C)nc2c1c(=O)[nH]c(=O)n2CC(C)C. The lowest BCUT2D eigenvalue weighted by atomic mass is 10.0. The Labute approximate surface area is 202 Å². The molecular weight excluding hydrogens is 444 g/mol. The third-order valence-electron chi connectivity index (χ3n) is 5.88. The molecule has 9 heteroatoms. The molecule has 35 heavy (non-hydrogen) atoms. The van der Waals surface area contributed by atoms with Gasteiger partial charge in [0.1, 0.15) is 0 Å². The van der Waals surface area contributed by atoms with E-state index in [9.17, 15) is 14.4 Å². The van der Waals surface area contributed by atoms with Gasteiger partial charge in [0.25, 0.3) is 11.5 Å². The molecule has 0 atom stereocenters. The predicted octanol–water partition coefficient (Wildman–Crippen LogP) is 3.92. The second-order valence-electron chi connectivity index (χ2n) is 9.46. The van der Waals surface area contributed by atoms with Crippen molar-refractivity contribution < 1.29 is 4.79 Å². The number of pyridine rings is 1. The zero-order valence-corrected chi connectivity index (χ0v) is 20.8. The van der Waals surface area contributed by atoms with Gasteiger partial charge in [-0.3, -0.25) is 19.1 Å². The average Bonchev–Trinajstić information content (AvgIpc) is 3.09. The van der Waals surface area contributed by atoms with E-state index in [4.69, 9.17) is 0 Å². The van der Waals surface area contributed by atoms with Gasteiger partial charge in [-0.2, -0.15) is 5.10 Å². The number of aromatic amines is 1. The largest absolute Gasteiger partial charge is 0.330 e. The molecule has 3 heterocycles. The molecule has 0 fully saturated rings. The number of hydrogen-bond acceptors (Lipinski definition) is 5. The number of carbonyl (C=O) groups excluding carboxylic acids is 1. The predicted molar refractivity (Wildman–Crippen MR) is 137 cm³/mol. The van der Waals surface area contributed by atoms with Crippen molar-refractivity contribution >= 4 is 22.6 Å². The van der Waals surface area contributed by atoms with E-state index in [1.807, 2.05) is 71.9 Å². The van der Waals surface area contributed by atoms with E-state index >= 15 is 0 Å². The van der Waals surface area contributed by atoms with Crippen LogP contribution in [0.15, 0.2) is 46.0 Å². The molecule has 4 aromatic rings. The fourth-order valence-electron chi connectivity index (χ4n) is 4.13. The van der Waals surface area contributed by atoms with E-state index in [0.717, 1.165) is 11.4 Å². The summed E-state index contributed by atoms with van der Waals surface area (Å²) in [5.41, 5.74) is 2.70. The number of nitrogens with one attached hydrogen (secondary N) is 2. The summed E-state index contributed by atoms with van der Waals surface area (Å²) in [6, 6.07) is 11.3. The number of H-pyrrole nitrogens is 1. The minimum atomic E-state index is -0.633. The van der Waals surface area contributed by atoms with Crippen LogP contribution in [0.4, 0.5) is 5.69 Å². The number of aryl methyl sites for hydroxylation is 1. The molecule has 0 saturated heterocycles. The monoisotopic (exact) mass is 474 g/mol. The molecule has 182 valence electrons. The van der Waals surface area contributed by atoms with Gasteiger partial charge in [0.15, 0.2) is 5.65 Å². The Hall–Kier alpha value is -4.01. The van der Waals surface area contributed by atoms with Crippen molar-refractivity contribution in [2.24, 2.45) is 5.92 Å². The maximum absolute atomic E-state index is 13.6. The van der Waals surface area contributed by atoms with Gasteiger partial charge in [-0.25, -0.2) is 14.5 Å². The minimum absolute atomic E-state index is 0.0165. The number of fused-ring (bicyclic) bond motifs is 1. The zero-order chi connectivity index (χ0) is 25.4. The fourth-order valence-corrected chi connectivity index (χ4v) is 4.13. The lowest BCUT2D eigenvalue weighted by Crippen LogP contribution is -2.33. The summed E-state index contributed by atoms with van der Waals surface area (Å²) in [6.07, 6.45) is 0. The highest BCUT2D eigenvalue weighted by atomic mass is 16.2. The number of rotatable bonds is 6. The van der Waals surface area contributed by atoms with Gasteiger partial charge < -0.3 is 5.32 Å². The molecule has 0 unspecified atom stereocenters. The number of para-hydroxylation sites is 1. The summed E-state index contributed by atoms with van der Waals surface area (Å²) >= 11 is 0. The first-order valence-electron chi connectivity index (χ1n) is 11.7. The van der Waals surface area contributed by atoms with Crippen molar-refractivity contribution in [1.29, 1.82) is 0 Å². The van der Waals surface area contributed by atoms with Gasteiger partial charge in [-0.15, -0.1) is 0 Å². The van der Waals surface area contributed by atoms with Crippen LogP contribution in [0.1, 0.15) is 61.1 Å². The van der Waals surface area contributed by atoms with Crippen molar-refractivity contribution in [2.75, 3.05) is 5.32 Å². The molecule has 0 radical (unpaired) electrons. The van der Waals surface area contributed by atoms with Crippen LogP contribution in [-0.4, -0.2) is 30.2 Å². The van der Waals surface area contributed by atoms with E-state index in [2.05, 4.69) is 20.4 Å². The highest BCUT2D eigenvalue weighted by molar-refractivity contribution is 6.12. The van der Waals surface area contributed by atoms with Crippen molar-refractivity contribution in [1.82, 2.24) is 24.3 Å². The number of aromatic nitrogens is 5. The van der Waals surface area contributed by atoms with Gasteiger partial charge in [0, 0.05) is 12.2 Å². The minimum Gasteiger partial charge on any atom is -0.319 e. The zero-order valence-electron chi connectivity index (χ0n) is 20.8. The lowest BCUT2D eigenvalue weighted by Gasteiger charge is -2.16. The quantitative estimate of drug-likeness (QED) is 0.440. The molecule has 2 N–H and O–H groups in total. The van der Waals surface area contributed by atoms with Crippen LogP contribution in [0.5, 0.6) is 0 Å². The summed E-state index contributed by atoms with van der Waals surface area (Å²) in [5.74, 6) is -0.340. The molecule has 0 spiro atoms. The van der Waals surface area contributed by atoms with Crippen LogP contribution in [0.3, 0.4) is 0 Å². The molecule has 0 saturated carbocycles. The molecule has 0 bridgehead atoms. The molecule has 0 aliphatic heterocycles. The third kappa shape index (κ3) is 4.53. The Bertz CT molecular complexity index is 1530. The standard InChI is InChI=1S/C26H30N6O3/c1-14(2)13-31-23-21(25(34)29-26(31)35)19(12-20(27-23)15(3)4)24(33)28-22-16(5)30-32(17(22)6)18-10-8-7-9-11-18/h7-12,14-15H,13H2,1-6H3,(H,28,33)(H,29,34,35). The van der Waals surface area contributed by atoms with Crippen molar-refractivity contribution in [3.63, 3.8) is 0 Å². The second-order valence-corrected chi connectivity index (χ2v) is 9.46. The Morgan fingerprint density at radius 3 is 2.40 bits per heavy atom. The molecule has 9 nitrogen and oxygen atoms in total. The number of benzene rings is 1. The highest BCUT2D eigenvalue weighted by Crippen LogP contribution is 2.25. The average molecular weight is 475 g/mol. The van der Waals surface area contributed by atoms with Gasteiger partial charge in [0.05, 0.1) is 33.7 Å². The number of nitrogens with zero attached hydrogens (tertiary/aromatic N) is 4. The van der Waals surface area contributed by atoms with E-state index in [1.54, 1.807) is 10.7 Å². The summed E-state index contributed by atoms with van der Waals surface area (Å²) in [7, 11) is 0. The van der Waals surface area contributed by atoms with Crippen LogP contribution >= 0.6 is 0 Å². The topological polar surface area (TPSA) is 115 Å². The van der Waals surface area contributed by atoms with E-state index in [0.29, 0.717) is 23.6 Å².